The molecular weight excluding hydrogens is 222 g/mol. The van der Waals surface area contributed by atoms with Crippen molar-refractivity contribution in [2.24, 2.45) is 0 Å². The maximum atomic E-state index is 11.6. The van der Waals surface area contributed by atoms with E-state index >= 15 is 0 Å². The zero-order valence-corrected chi connectivity index (χ0v) is 10.3. The lowest BCUT2D eigenvalue weighted by atomic mass is 10.1. The predicted octanol–water partition coefficient (Wildman–Crippen LogP) is 2.52. The Kier molecular flexibility index (Phi) is 2.76. The first-order valence-corrected chi connectivity index (χ1v) is 6.21. The monoisotopic (exact) mass is 235 g/mol. The molecule has 1 aromatic rings. The van der Waals surface area contributed by atoms with E-state index in [1.807, 2.05) is 18.4 Å². The van der Waals surface area contributed by atoms with Crippen LogP contribution in [0, 0.1) is 0 Å². The van der Waals surface area contributed by atoms with Gasteiger partial charge in [0.25, 0.3) is 0 Å². The number of ether oxygens (including phenoxy) is 1. The van der Waals surface area contributed by atoms with Gasteiger partial charge in [-0.3, -0.25) is 4.79 Å². The minimum absolute atomic E-state index is 0.00329. The first-order chi connectivity index (χ1) is 7.53. The molecule has 0 spiro atoms. The van der Waals surface area contributed by atoms with E-state index in [4.69, 9.17) is 4.74 Å². The number of hydrogen-bond donors (Lipinski definition) is 0. The number of rotatable bonds is 2. The summed E-state index contributed by atoms with van der Waals surface area (Å²) in [6.45, 7) is 3.53. The van der Waals surface area contributed by atoms with Gasteiger partial charge in [0, 0.05) is 17.8 Å². The molecule has 2 rings (SSSR count). The van der Waals surface area contributed by atoms with E-state index in [1.54, 1.807) is 31.8 Å². The molecule has 3 nitrogen and oxygen atoms in total. The van der Waals surface area contributed by atoms with E-state index in [0.717, 1.165) is 10.6 Å². The molecule has 0 atom stereocenters. The van der Waals surface area contributed by atoms with Crippen LogP contribution < -0.4 is 0 Å². The highest BCUT2D eigenvalue weighted by atomic mass is 32.2. The van der Waals surface area contributed by atoms with Gasteiger partial charge in [0.2, 0.25) is 5.78 Å². The van der Waals surface area contributed by atoms with Gasteiger partial charge in [0.15, 0.2) is 5.60 Å². The molecule has 0 fully saturated rings. The largest absolute Gasteiger partial charge is 0.479 e. The lowest BCUT2D eigenvalue weighted by Crippen LogP contribution is -2.27. The maximum Gasteiger partial charge on any atom is 0.202 e. The highest BCUT2D eigenvalue weighted by Gasteiger charge is 2.35. The molecule has 16 heavy (non-hydrogen) atoms. The number of carbonyl (C=O) groups excluding carboxylic acids is 1. The van der Waals surface area contributed by atoms with E-state index in [-0.39, 0.29) is 5.78 Å². The summed E-state index contributed by atoms with van der Waals surface area (Å²) in [5.74, 6) is 0.603. The summed E-state index contributed by atoms with van der Waals surface area (Å²) in [7, 11) is 0. The van der Waals surface area contributed by atoms with E-state index < -0.39 is 5.60 Å². The molecule has 84 valence electrons. The molecule has 0 N–H and O–H groups in total. The Morgan fingerprint density at radius 3 is 2.56 bits per heavy atom. The third-order valence-electron chi connectivity index (χ3n) is 2.45. The van der Waals surface area contributed by atoms with Crippen LogP contribution in [0.25, 0.3) is 5.76 Å². The van der Waals surface area contributed by atoms with E-state index in [9.17, 15) is 4.79 Å². The van der Waals surface area contributed by atoms with Crippen molar-refractivity contribution in [2.75, 3.05) is 6.26 Å². The molecule has 0 saturated heterocycles. The molecule has 0 aromatic carbocycles. The number of aromatic nitrogens is 1. The van der Waals surface area contributed by atoms with Crippen LogP contribution in [0.1, 0.15) is 19.4 Å². The van der Waals surface area contributed by atoms with Crippen LogP contribution in [-0.4, -0.2) is 22.6 Å². The first-order valence-electron chi connectivity index (χ1n) is 4.98. The molecule has 0 saturated carbocycles. The van der Waals surface area contributed by atoms with Gasteiger partial charge < -0.3 is 4.74 Å². The molecule has 0 radical (unpaired) electrons. The highest BCUT2D eigenvalue weighted by Crippen LogP contribution is 2.30. The van der Waals surface area contributed by atoms with Crippen LogP contribution in [0.4, 0.5) is 0 Å². The van der Waals surface area contributed by atoms with Crippen molar-refractivity contribution >= 4 is 23.3 Å². The maximum absolute atomic E-state index is 11.6. The minimum Gasteiger partial charge on any atom is -0.479 e. The standard InChI is InChI=1S/C12H13NO2S/c1-12(2)10(14)6-9(15-12)8-4-5-11(16-3)13-7-8/h4-7H,1-3H3. The molecule has 0 aliphatic carbocycles. The van der Waals surface area contributed by atoms with Crippen LogP contribution in [0.15, 0.2) is 29.4 Å². The van der Waals surface area contributed by atoms with Crippen molar-refractivity contribution in [3.63, 3.8) is 0 Å². The van der Waals surface area contributed by atoms with Gasteiger partial charge in [0.1, 0.15) is 5.76 Å². The van der Waals surface area contributed by atoms with E-state index in [0.29, 0.717) is 5.76 Å². The SMILES string of the molecule is CSc1ccc(C2=CC(=O)C(C)(C)O2)cn1. The fourth-order valence-electron chi connectivity index (χ4n) is 1.44. The third-order valence-corrected chi connectivity index (χ3v) is 3.11. The Labute approximate surface area is 98.9 Å². The van der Waals surface area contributed by atoms with Gasteiger partial charge in [-0.2, -0.15) is 0 Å². The summed E-state index contributed by atoms with van der Waals surface area (Å²) in [4.78, 5) is 15.8. The summed E-state index contributed by atoms with van der Waals surface area (Å²) in [5.41, 5.74) is 0.102. The second kappa shape index (κ2) is 3.94. The molecule has 1 aliphatic rings. The molecular formula is C12H13NO2S. The minimum atomic E-state index is -0.743. The lowest BCUT2D eigenvalue weighted by molar-refractivity contribution is -0.125. The van der Waals surface area contributed by atoms with Gasteiger partial charge >= 0.3 is 0 Å². The molecule has 4 heteroatoms. The Morgan fingerprint density at radius 2 is 2.12 bits per heavy atom. The molecule has 0 bridgehead atoms. The van der Waals surface area contributed by atoms with Crippen molar-refractivity contribution < 1.29 is 9.53 Å². The first kappa shape index (κ1) is 11.2. The zero-order chi connectivity index (χ0) is 11.8. The number of thioether (sulfide) groups is 1. The quantitative estimate of drug-likeness (QED) is 0.738. The Bertz CT molecular complexity index is 449. The van der Waals surface area contributed by atoms with Crippen LogP contribution in [0.3, 0.4) is 0 Å². The van der Waals surface area contributed by atoms with Gasteiger partial charge in [-0.15, -0.1) is 11.8 Å². The smallest absolute Gasteiger partial charge is 0.202 e. The number of hydrogen-bond acceptors (Lipinski definition) is 4. The zero-order valence-electron chi connectivity index (χ0n) is 9.48. The second-order valence-electron chi connectivity index (χ2n) is 4.07. The summed E-state index contributed by atoms with van der Waals surface area (Å²) < 4.78 is 5.59. The number of nitrogens with zero attached hydrogens (tertiary/aromatic N) is 1. The molecule has 1 aromatic heterocycles. The van der Waals surface area contributed by atoms with Gasteiger partial charge in [-0.05, 0) is 32.2 Å². The molecule has 1 aliphatic heterocycles. The highest BCUT2D eigenvalue weighted by molar-refractivity contribution is 7.98. The molecule has 0 amide bonds. The Hall–Kier alpha value is -1.29. The van der Waals surface area contributed by atoms with Gasteiger partial charge in [-0.1, -0.05) is 0 Å². The van der Waals surface area contributed by atoms with Gasteiger partial charge in [0.05, 0.1) is 5.03 Å². The van der Waals surface area contributed by atoms with Crippen LogP contribution in [0.5, 0.6) is 0 Å². The van der Waals surface area contributed by atoms with Crippen molar-refractivity contribution in [3.05, 3.63) is 30.0 Å². The lowest BCUT2D eigenvalue weighted by Gasteiger charge is -2.17. The average Bonchev–Trinajstić information content (AvgIpc) is 2.54. The van der Waals surface area contributed by atoms with Crippen molar-refractivity contribution in [2.45, 2.75) is 24.5 Å². The van der Waals surface area contributed by atoms with Crippen LogP contribution >= 0.6 is 11.8 Å². The molecule has 0 unspecified atom stereocenters. The summed E-state index contributed by atoms with van der Waals surface area (Å²) in [5, 5.41) is 0.952. The fourth-order valence-corrected chi connectivity index (χ4v) is 1.80. The number of carbonyl (C=O) groups is 1. The van der Waals surface area contributed by atoms with Crippen LogP contribution in [0.2, 0.25) is 0 Å². The summed E-state index contributed by atoms with van der Waals surface area (Å²) in [6.07, 6.45) is 5.24. The van der Waals surface area contributed by atoms with Crippen LogP contribution in [-0.2, 0) is 9.53 Å². The van der Waals surface area contributed by atoms with Gasteiger partial charge in [-0.25, -0.2) is 4.98 Å². The number of pyridine rings is 1. The Morgan fingerprint density at radius 1 is 1.38 bits per heavy atom. The normalized spacial score (nSPS) is 18.2. The van der Waals surface area contributed by atoms with Crippen molar-refractivity contribution in [1.82, 2.24) is 4.98 Å². The predicted molar refractivity (Wildman–Crippen MR) is 64.2 cm³/mol. The Balaban J connectivity index is 2.26. The van der Waals surface area contributed by atoms with E-state index in [2.05, 4.69) is 4.98 Å². The van der Waals surface area contributed by atoms with Crippen molar-refractivity contribution in [1.29, 1.82) is 0 Å². The third kappa shape index (κ3) is 1.97. The molecule has 2 heterocycles. The average molecular weight is 235 g/mol. The second-order valence-corrected chi connectivity index (χ2v) is 4.90. The fraction of sp³-hybridized carbons (Fsp3) is 0.333. The number of ketones is 1. The van der Waals surface area contributed by atoms with Crippen molar-refractivity contribution in [3.8, 4) is 0 Å². The van der Waals surface area contributed by atoms with E-state index in [1.165, 1.54) is 6.08 Å². The summed E-state index contributed by atoms with van der Waals surface area (Å²) >= 11 is 1.58. The summed E-state index contributed by atoms with van der Waals surface area (Å²) in [6, 6.07) is 3.83. The topological polar surface area (TPSA) is 39.2 Å².